The number of nitrogens with zero attached hydrogens (tertiary/aromatic N) is 2. The van der Waals surface area contributed by atoms with Crippen LogP contribution < -0.4 is 0 Å². The molecule has 4 rings (SSSR count). The number of benzene rings is 1. The molecule has 24 heavy (non-hydrogen) atoms. The smallest absolute Gasteiger partial charge is 0.242 e. The predicted octanol–water partition coefficient (Wildman–Crippen LogP) is 2.43. The zero-order chi connectivity index (χ0) is 16.5. The van der Waals surface area contributed by atoms with Crippen molar-refractivity contribution >= 4 is 11.8 Å². The van der Waals surface area contributed by atoms with E-state index in [1.807, 2.05) is 23.1 Å². The van der Waals surface area contributed by atoms with Crippen LogP contribution >= 0.6 is 0 Å². The van der Waals surface area contributed by atoms with Gasteiger partial charge in [-0.2, -0.15) is 0 Å². The SMILES string of the molecule is O=C1CC(c2ccccc2)CN1CC(=O)N1C[C@H]2CC=CC[C@H]2C1. The van der Waals surface area contributed by atoms with Crippen molar-refractivity contribution in [2.45, 2.75) is 25.2 Å². The number of carbonyl (C=O) groups excluding carboxylic acids is 2. The van der Waals surface area contributed by atoms with Crippen LogP contribution in [0.1, 0.15) is 30.7 Å². The van der Waals surface area contributed by atoms with Crippen LogP contribution in [-0.4, -0.2) is 47.8 Å². The van der Waals surface area contributed by atoms with Gasteiger partial charge in [-0.1, -0.05) is 42.5 Å². The summed E-state index contributed by atoms with van der Waals surface area (Å²) in [4.78, 5) is 28.7. The van der Waals surface area contributed by atoms with E-state index in [4.69, 9.17) is 0 Å². The molecular weight excluding hydrogens is 300 g/mol. The number of amides is 2. The van der Waals surface area contributed by atoms with Crippen molar-refractivity contribution in [2.24, 2.45) is 11.8 Å². The van der Waals surface area contributed by atoms with Gasteiger partial charge in [-0.25, -0.2) is 0 Å². The third kappa shape index (κ3) is 2.97. The Bertz CT molecular complexity index is 639. The Balaban J connectivity index is 1.35. The number of fused-ring (bicyclic) bond motifs is 1. The predicted molar refractivity (Wildman–Crippen MR) is 92.3 cm³/mol. The lowest BCUT2D eigenvalue weighted by Crippen LogP contribution is -2.40. The molecule has 2 aliphatic heterocycles. The van der Waals surface area contributed by atoms with Crippen LogP contribution in [0.5, 0.6) is 0 Å². The van der Waals surface area contributed by atoms with Crippen molar-refractivity contribution in [3.05, 3.63) is 48.0 Å². The van der Waals surface area contributed by atoms with Crippen LogP contribution in [0.25, 0.3) is 0 Å². The van der Waals surface area contributed by atoms with Crippen LogP contribution in [0, 0.1) is 11.8 Å². The summed E-state index contributed by atoms with van der Waals surface area (Å²) in [5, 5.41) is 0. The molecule has 1 aromatic rings. The second-order valence-corrected chi connectivity index (χ2v) is 7.35. The molecule has 2 heterocycles. The summed E-state index contributed by atoms with van der Waals surface area (Å²) in [5.41, 5.74) is 1.19. The lowest BCUT2D eigenvalue weighted by Gasteiger charge is -2.21. The summed E-state index contributed by atoms with van der Waals surface area (Å²) in [6.07, 6.45) is 7.18. The fraction of sp³-hybridized carbons (Fsp3) is 0.500. The Labute approximate surface area is 143 Å². The average Bonchev–Trinajstić information content (AvgIpc) is 3.20. The number of carbonyl (C=O) groups is 2. The molecule has 3 atom stereocenters. The van der Waals surface area contributed by atoms with E-state index >= 15 is 0 Å². The zero-order valence-electron chi connectivity index (χ0n) is 13.9. The minimum atomic E-state index is 0.107. The number of hydrogen-bond donors (Lipinski definition) is 0. The van der Waals surface area contributed by atoms with E-state index in [9.17, 15) is 9.59 Å². The minimum absolute atomic E-state index is 0.107. The molecule has 0 saturated carbocycles. The first-order valence-corrected chi connectivity index (χ1v) is 8.96. The van der Waals surface area contributed by atoms with Gasteiger partial charge in [0, 0.05) is 32.0 Å². The molecule has 2 saturated heterocycles. The van der Waals surface area contributed by atoms with E-state index in [0.717, 1.165) is 25.9 Å². The summed E-state index contributed by atoms with van der Waals surface area (Å²) in [5.74, 6) is 1.68. The Hall–Kier alpha value is -2.10. The van der Waals surface area contributed by atoms with Crippen LogP contribution in [0.3, 0.4) is 0 Å². The highest BCUT2D eigenvalue weighted by molar-refractivity contribution is 5.86. The first-order valence-electron chi connectivity index (χ1n) is 8.96. The summed E-state index contributed by atoms with van der Waals surface area (Å²) >= 11 is 0. The van der Waals surface area contributed by atoms with Crippen LogP contribution in [-0.2, 0) is 9.59 Å². The molecule has 126 valence electrons. The molecule has 4 heteroatoms. The van der Waals surface area contributed by atoms with E-state index in [-0.39, 0.29) is 24.3 Å². The zero-order valence-corrected chi connectivity index (χ0v) is 13.9. The number of rotatable bonds is 3. The third-order valence-corrected chi connectivity index (χ3v) is 5.79. The number of likely N-dealkylation sites (tertiary alicyclic amines) is 2. The maximum Gasteiger partial charge on any atom is 0.242 e. The second kappa shape index (κ2) is 6.42. The van der Waals surface area contributed by atoms with Crippen LogP contribution in [0.15, 0.2) is 42.5 Å². The van der Waals surface area contributed by atoms with Crippen molar-refractivity contribution in [3.8, 4) is 0 Å². The van der Waals surface area contributed by atoms with Crippen LogP contribution in [0.4, 0.5) is 0 Å². The van der Waals surface area contributed by atoms with Gasteiger partial charge in [-0.15, -0.1) is 0 Å². The first-order chi connectivity index (χ1) is 11.7. The summed E-state index contributed by atoms with van der Waals surface area (Å²) in [6.45, 7) is 2.63. The summed E-state index contributed by atoms with van der Waals surface area (Å²) in [6, 6.07) is 10.1. The number of hydrogen-bond acceptors (Lipinski definition) is 2. The highest BCUT2D eigenvalue weighted by atomic mass is 16.2. The maximum absolute atomic E-state index is 12.6. The molecule has 1 aromatic carbocycles. The molecule has 0 bridgehead atoms. The first kappa shape index (κ1) is 15.4. The van der Waals surface area contributed by atoms with Gasteiger partial charge in [-0.05, 0) is 30.2 Å². The highest BCUT2D eigenvalue weighted by Gasteiger charge is 2.37. The van der Waals surface area contributed by atoms with E-state index in [0.29, 0.717) is 24.8 Å². The quantitative estimate of drug-likeness (QED) is 0.801. The monoisotopic (exact) mass is 324 g/mol. The Morgan fingerprint density at radius 2 is 1.67 bits per heavy atom. The summed E-state index contributed by atoms with van der Waals surface area (Å²) in [7, 11) is 0. The third-order valence-electron chi connectivity index (χ3n) is 5.79. The normalized spacial score (nSPS) is 29.2. The van der Waals surface area contributed by atoms with Crippen LogP contribution in [0.2, 0.25) is 0 Å². The molecule has 0 N–H and O–H groups in total. The molecule has 3 aliphatic rings. The van der Waals surface area contributed by atoms with Gasteiger partial charge in [0.05, 0.1) is 6.54 Å². The molecule has 4 nitrogen and oxygen atoms in total. The van der Waals surface area contributed by atoms with Gasteiger partial charge in [0.15, 0.2) is 0 Å². The molecule has 0 spiro atoms. The van der Waals surface area contributed by atoms with Gasteiger partial charge in [-0.3, -0.25) is 9.59 Å². The van der Waals surface area contributed by atoms with Gasteiger partial charge >= 0.3 is 0 Å². The standard InChI is InChI=1S/C20H24N2O2/c23-19-10-18(15-6-2-1-3-7-15)13-22(19)14-20(24)21-11-16-8-4-5-9-17(16)12-21/h1-7,16-18H,8-14H2/t16-,17+,18?. The van der Waals surface area contributed by atoms with Crippen molar-refractivity contribution in [1.29, 1.82) is 0 Å². The second-order valence-electron chi connectivity index (χ2n) is 7.35. The van der Waals surface area contributed by atoms with E-state index < -0.39 is 0 Å². The van der Waals surface area contributed by atoms with Gasteiger partial charge in [0.2, 0.25) is 11.8 Å². The molecule has 2 fully saturated rings. The molecule has 0 aromatic heterocycles. The molecular formula is C20H24N2O2. The molecule has 1 aliphatic carbocycles. The van der Waals surface area contributed by atoms with Gasteiger partial charge in [0.25, 0.3) is 0 Å². The lowest BCUT2D eigenvalue weighted by molar-refractivity contribution is -0.137. The number of allylic oxidation sites excluding steroid dienone is 2. The Morgan fingerprint density at radius 3 is 2.33 bits per heavy atom. The minimum Gasteiger partial charge on any atom is -0.341 e. The van der Waals surface area contributed by atoms with E-state index in [1.165, 1.54) is 5.56 Å². The van der Waals surface area contributed by atoms with E-state index in [1.54, 1.807) is 4.90 Å². The average molecular weight is 324 g/mol. The van der Waals surface area contributed by atoms with Crippen molar-refractivity contribution in [2.75, 3.05) is 26.2 Å². The molecule has 0 radical (unpaired) electrons. The largest absolute Gasteiger partial charge is 0.341 e. The lowest BCUT2D eigenvalue weighted by atomic mass is 9.86. The highest BCUT2D eigenvalue weighted by Crippen LogP contribution is 2.33. The maximum atomic E-state index is 12.6. The van der Waals surface area contributed by atoms with E-state index in [2.05, 4.69) is 24.3 Å². The fourth-order valence-electron chi connectivity index (χ4n) is 4.36. The summed E-state index contributed by atoms with van der Waals surface area (Å²) < 4.78 is 0. The topological polar surface area (TPSA) is 40.6 Å². The van der Waals surface area contributed by atoms with Crippen molar-refractivity contribution in [1.82, 2.24) is 9.80 Å². The van der Waals surface area contributed by atoms with Gasteiger partial charge in [0.1, 0.15) is 0 Å². The van der Waals surface area contributed by atoms with Gasteiger partial charge < -0.3 is 9.80 Å². The molecule has 1 unspecified atom stereocenters. The fourth-order valence-corrected chi connectivity index (χ4v) is 4.36. The van der Waals surface area contributed by atoms with Crippen molar-refractivity contribution < 1.29 is 9.59 Å². The molecule has 2 amide bonds. The Kier molecular flexibility index (Phi) is 4.13. The van der Waals surface area contributed by atoms with Crippen molar-refractivity contribution in [3.63, 3.8) is 0 Å². The Morgan fingerprint density at radius 1 is 1.00 bits per heavy atom.